The van der Waals surface area contributed by atoms with Gasteiger partial charge in [-0.1, -0.05) is 13.8 Å². The van der Waals surface area contributed by atoms with E-state index in [1.54, 1.807) is 4.57 Å². The van der Waals surface area contributed by atoms with Gasteiger partial charge in [0.15, 0.2) is 0 Å². The highest BCUT2D eigenvalue weighted by Gasteiger charge is 2.29. The maximum absolute atomic E-state index is 12.2. The minimum atomic E-state index is -0.241. The molecule has 2 heterocycles. The molecule has 2 rings (SSSR count). The van der Waals surface area contributed by atoms with Crippen LogP contribution in [0.5, 0.6) is 0 Å². The van der Waals surface area contributed by atoms with E-state index >= 15 is 0 Å². The van der Waals surface area contributed by atoms with Crippen molar-refractivity contribution < 1.29 is 0 Å². The molecule has 18 heavy (non-hydrogen) atoms. The molecule has 1 aliphatic heterocycles. The molecular formula is C12H20N4O2. The summed E-state index contributed by atoms with van der Waals surface area (Å²) in [4.78, 5) is 28.2. The Labute approximate surface area is 106 Å². The van der Waals surface area contributed by atoms with Crippen molar-refractivity contribution in [2.24, 2.45) is 13.0 Å². The van der Waals surface area contributed by atoms with Gasteiger partial charge in [0.1, 0.15) is 11.5 Å². The average molecular weight is 252 g/mol. The smallest absolute Gasteiger partial charge is 0.332 e. The zero-order valence-electron chi connectivity index (χ0n) is 11.6. The van der Waals surface area contributed by atoms with E-state index in [1.165, 1.54) is 11.6 Å². The lowest BCUT2D eigenvalue weighted by Crippen LogP contribution is -2.40. The second-order valence-corrected chi connectivity index (χ2v) is 5.36. The summed E-state index contributed by atoms with van der Waals surface area (Å²) >= 11 is 0. The predicted octanol–water partition coefficient (Wildman–Crippen LogP) is 0.0465. The molecule has 0 N–H and O–H groups in total. The number of hydrogen-bond donors (Lipinski definition) is 0. The summed E-state index contributed by atoms with van der Waals surface area (Å²) in [6.45, 7) is 5.37. The number of fused-ring (bicyclic) bond motifs is 1. The van der Waals surface area contributed by atoms with Crippen molar-refractivity contribution in [1.29, 1.82) is 0 Å². The van der Waals surface area contributed by atoms with E-state index in [1.807, 2.05) is 23.9 Å². The number of anilines is 2. The largest absolute Gasteiger partial charge is 0.349 e. The zero-order valence-corrected chi connectivity index (χ0v) is 11.6. The van der Waals surface area contributed by atoms with E-state index in [4.69, 9.17) is 0 Å². The average Bonchev–Trinajstić information content (AvgIpc) is 2.56. The molecule has 0 unspecified atom stereocenters. The molecule has 0 bridgehead atoms. The van der Waals surface area contributed by atoms with E-state index in [9.17, 15) is 9.59 Å². The van der Waals surface area contributed by atoms with Crippen molar-refractivity contribution in [1.82, 2.24) is 9.13 Å². The molecule has 6 nitrogen and oxygen atoms in total. The zero-order chi connectivity index (χ0) is 13.6. The van der Waals surface area contributed by atoms with Gasteiger partial charge >= 0.3 is 5.69 Å². The molecule has 0 saturated heterocycles. The second kappa shape index (κ2) is 4.19. The summed E-state index contributed by atoms with van der Waals surface area (Å²) < 4.78 is 2.89. The summed E-state index contributed by atoms with van der Waals surface area (Å²) in [5.74, 6) is 1.09. The SMILES string of the molecule is CC(C)Cn1c2c(c(=O)n(C)c1=O)N(C)CN2C. The topological polar surface area (TPSA) is 50.5 Å². The van der Waals surface area contributed by atoms with Crippen LogP contribution in [0, 0.1) is 5.92 Å². The van der Waals surface area contributed by atoms with Gasteiger partial charge in [-0.05, 0) is 5.92 Å². The normalized spacial score (nSPS) is 14.6. The first kappa shape index (κ1) is 12.7. The minimum Gasteiger partial charge on any atom is -0.349 e. The Morgan fingerprint density at radius 2 is 1.72 bits per heavy atom. The van der Waals surface area contributed by atoms with Gasteiger partial charge in [-0.15, -0.1) is 0 Å². The Morgan fingerprint density at radius 1 is 1.11 bits per heavy atom. The van der Waals surface area contributed by atoms with E-state index in [0.717, 1.165) is 5.82 Å². The molecule has 0 amide bonds. The van der Waals surface area contributed by atoms with Gasteiger partial charge in [0, 0.05) is 27.7 Å². The number of aromatic nitrogens is 2. The van der Waals surface area contributed by atoms with E-state index in [2.05, 4.69) is 13.8 Å². The first-order chi connectivity index (χ1) is 8.34. The second-order valence-electron chi connectivity index (χ2n) is 5.36. The van der Waals surface area contributed by atoms with Gasteiger partial charge in [0.2, 0.25) is 0 Å². The molecule has 0 fully saturated rings. The van der Waals surface area contributed by atoms with Crippen LogP contribution in [-0.2, 0) is 13.6 Å². The minimum absolute atomic E-state index is 0.221. The van der Waals surface area contributed by atoms with Crippen LogP contribution in [0.25, 0.3) is 0 Å². The van der Waals surface area contributed by atoms with Crippen LogP contribution in [0.4, 0.5) is 11.5 Å². The van der Waals surface area contributed by atoms with E-state index < -0.39 is 0 Å². The molecule has 0 radical (unpaired) electrons. The maximum Gasteiger partial charge on any atom is 0.332 e. The van der Waals surface area contributed by atoms with Crippen molar-refractivity contribution in [3.8, 4) is 0 Å². The standard InChI is InChI=1S/C12H20N4O2/c1-8(2)6-16-10-9(13(3)7-14(10)4)11(17)15(5)12(16)18/h8H,6-7H2,1-5H3. The molecule has 0 aromatic carbocycles. The maximum atomic E-state index is 12.2. The molecule has 0 saturated carbocycles. The van der Waals surface area contributed by atoms with Gasteiger partial charge in [-0.25, -0.2) is 4.79 Å². The Kier molecular flexibility index (Phi) is 2.96. The third-order valence-corrected chi connectivity index (χ3v) is 3.21. The molecule has 1 aliphatic rings. The van der Waals surface area contributed by atoms with Crippen molar-refractivity contribution in [2.45, 2.75) is 20.4 Å². The highest BCUT2D eigenvalue weighted by atomic mass is 16.2. The molecule has 100 valence electrons. The monoisotopic (exact) mass is 252 g/mol. The lowest BCUT2D eigenvalue weighted by molar-refractivity contribution is 0.490. The molecule has 1 aromatic heterocycles. The number of nitrogens with zero attached hydrogens (tertiary/aromatic N) is 4. The van der Waals surface area contributed by atoms with Crippen LogP contribution in [0.2, 0.25) is 0 Å². The van der Waals surface area contributed by atoms with Crippen molar-refractivity contribution in [3.63, 3.8) is 0 Å². The predicted molar refractivity (Wildman–Crippen MR) is 72.5 cm³/mol. The first-order valence-electron chi connectivity index (χ1n) is 6.10. The lowest BCUT2D eigenvalue weighted by atomic mass is 10.2. The van der Waals surface area contributed by atoms with Crippen LogP contribution in [0.1, 0.15) is 13.8 Å². The molecule has 0 atom stereocenters. The summed E-state index contributed by atoms with van der Waals surface area (Å²) in [6.07, 6.45) is 0. The molecular weight excluding hydrogens is 232 g/mol. The number of hydrogen-bond acceptors (Lipinski definition) is 4. The quantitative estimate of drug-likeness (QED) is 0.746. The molecule has 6 heteroatoms. The molecule has 1 aromatic rings. The third kappa shape index (κ3) is 1.72. The number of rotatable bonds is 2. The van der Waals surface area contributed by atoms with Gasteiger partial charge in [0.25, 0.3) is 5.56 Å². The Balaban J connectivity index is 2.79. The van der Waals surface area contributed by atoms with Crippen molar-refractivity contribution in [3.05, 3.63) is 20.8 Å². The molecule has 0 spiro atoms. The van der Waals surface area contributed by atoms with Crippen LogP contribution in [0.3, 0.4) is 0 Å². The fraction of sp³-hybridized carbons (Fsp3) is 0.667. The van der Waals surface area contributed by atoms with E-state index in [-0.39, 0.29) is 11.2 Å². The lowest BCUT2D eigenvalue weighted by Gasteiger charge is -2.19. The summed E-state index contributed by atoms with van der Waals surface area (Å²) in [5, 5.41) is 0. The Bertz CT molecular complexity index is 585. The molecule has 0 aliphatic carbocycles. The highest BCUT2D eigenvalue weighted by Crippen LogP contribution is 2.29. The Morgan fingerprint density at radius 3 is 2.28 bits per heavy atom. The van der Waals surface area contributed by atoms with Crippen molar-refractivity contribution in [2.75, 3.05) is 30.6 Å². The van der Waals surface area contributed by atoms with Crippen LogP contribution in [-0.4, -0.2) is 29.9 Å². The van der Waals surface area contributed by atoms with Gasteiger partial charge in [0.05, 0.1) is 6.67 Å². The van der Waals surface area contributed by atoms with Crippen LogP contribution < -0.4 is 21.0 Å². The fourth-order valence-electron chi connectivity index (χ4n) is 2.45. The van der Waals surface area contributed by atoms with Crippen molar-refractivity contribution >= 4 is 11.5 Å². The van der Waals surface area contributed by atoms with Gasteiger partial charge in [-0.2, -0.15) is 0 Å². The fourth-order valence-corrected chi connectivity index (χ4v) is 2.45. The van der Waals surface area contributed by atoms with Crippen LogP contribution >= 0.6 is 0 Å². The third-order valence-electron chi connectivity index (χ3n) is 3.21. The van der Waals surface area contributed by atoms with Crippen LogP contribution in [0.15, 0.2) is 9.59 Å². The van der Waals surface area contributed by atoms with Gasteiger partial charge < -0.3 is 9.80 Å². The van der Waals surface area contributed by atoms with E-state index in [0.29, 0.717) is 24.8 Å². The Hall–Kier alpha value is -1.72. The first-order valence-corrected chi connectivity index (χ1v) is 6.10. The summed E-state index contributed by atoms with van der Waals surface area (Å²) in [7, 11) is 5.31. The highest BCUT2D eigenvalue weighted by molar-refractivity contribution is 5.71. The summed E-state index contributed by atoms with van der Waals surface area (Å²) in [6, 6.07) is 0. The summed E-state index contributed by atoms with van der Waals surface area (Å²) in [5.41, 5.74) is 0.150. The van der Waals surface area contributed by atoms with Gasteiger partial charge in [-0.3, -0.25) is 13.9 Å².